The molecule has 0 aromatic rings. The first-order valence-electron chi connectivity index (χ1n) is 13.0. The van der Waals surface area contributed by atoms with Crippen molar-refractivity contribution in [3.8, 4) is 0 Å². The van der Waals surface area contributed by atoms with E-state index in [1.807, 2.05) is 0 Å². The summed E-state index contributed by atoms with van der Waals surface area (Å²) in [5, 5.41) is 0. The Morgan fingerprint density at radius 3 is 1.55 bits per heavy atom. The largest absolute Gasteiger partial charge is 0.381 e. The van der Waals surface area contributed by atoms with Crippen molar-refractivity contribution in [2.75, 3.05) is 85.9 Å². The fourth-order valence-corrected chi connectivity index (χ4v) is 3.04. The standard InChI is InChI=1S/C25H48O8/c1-22(2)6-15-26-9-3-12-29-18-25(31-14-5-11-28-17-8-24-21-33-24)19-30-13-4-10-27-16-7-23-20-32-23/h22-25H,3-21H2,1-2H3. The van der Waals surface area contributed by atoms with Crippen molar-refractivity contribution in [3.63, 3.8) is 0 Å². The summed E-state index contributed by atoms with van der Waals surface area (Å²) in [6.45, 7) is 13.7. The third-order valence-corrected chi connectivity index (χ3v) is 5.36. The van der Waals surface area contributed by atoms with Gasteiger partial charge in [0.2, 0.25) is 0 Å². The molecule has 2 saturated heterocycles. The van der Waals surface area contributed by atoms with Gasteiger partial charge in [-0.1, -0.05) is 13.8 Å². The van der Waals surface area contributed by atoms with Crippen molar-refractivity contribution in [1.82, 2.24) is 0 Å². The third kappa shape index (κ3) is 19.7. The molecule has 2 rings (SSSR count). The van der Waals surface area contributed by atoms with E-state index in [2.05, 4.69) is 13.8 Å². The van der Waals surface area contributed by atoms with Crippen LogP contribution >= 0.6 is 0 Å². The normalized spacial score (nSPS) is 20.5. The van der Waals surface area contributed by atoms with Crippen LogP contribution in [0.1, 0.15) is 52.4 Å². The smallest absolute Gasteiger partial charge is 0.104 e. The molecular weight excluding hydrogens is 428 g/mol. The molecule has 2 aliphatic heterocycles. The zero-order chi connectivity index (χ0) is 23.4. The molecule has 0 spiro atoms. The molecule has 8 nitrogen and oxygen atoms in total. The zero-order valence-electron chi connectivity index (χ0n) is 21.0. The summed E-state index contributed by atoms with van der Waals surface area (Å²) in [7, 11) is 0. The Bertz CT molecular complexity index is 411. The summed E-state index contributed by atoms with van der Waals surface area (Å²) in [6.07, 6.45) is 6.52. The van der Waals surface area contributed by atoms with Crippen LogP contribution in [0.5, 0.6) is 0 Å². The first-order chi connectivity index (χ1) is 16.2. The second-order valence-electron chi connectivity index (χ2n) is 9.21. The van der Waals surface area contributed by atoms with Crippen LogP contribution in [0.2, 0.25) is 0 Å². The lowest BCUT2D eigenvalue weighted by Crippen LogP contribution is -2.27. The Morgan fingerprint density at radius 1 is 0.606 bits per heavy atom. The number of ether oxygens (including phenoxy) is 8. The molecule has 2 fully saturated rings. The van der Waals surface area contributed by atoms with Gasteiger partial charge in [-0.05, 0) is 44.4 Å². The highest BCUT2D eigenvalue weighted by Crippen LogP contribution is 2.13. The van der Waals surface area contributed by atoms with Crippen LogP contribution in [0.4, 0.5) is 0 Å². The molecule has 0 saturated carbocycles. The van der Waals surface area contributed by atoms with Crippen LogP contribution in [0.25, 0.3) is 0 Å². The summed E-state index contributed by atoms with van der Waals surface area (Å²) >= 11 is 0. The van der Waals surface area contributed by atoms with E-state index in [0.29, 0.717) is 57.8 Å². The highest BCUT2D eigenvalue weighted by Gasteiger charge is 2.22. The molecule has 8 heteroatoms. The van der Waals surface area contributed by atoms with Gasteiger partial charge in [0.1, 0.15) is 6.10 Å². The lowest BCUT2D eigenvalue weighted by molar-refractivity contribution is -0.0674. The van der Waals surface area contributed by atoms with Gasteiger partial charge in [-0.3, -0.25) is 0 Å². The number of epoxide rings is 2. The highest BCUT2D eigenvalue weighted by molar-refractivity contribution is 4.68. The molecule has 0 aliphatic carbocycles. The zero-order valence-corrected chi connectivity index (χ0v) is 21.0. The van der Waals surface area contributed by atoms with Gasteiger partial charge in [0.05, 0.1) is 38.6 Å². The Kier molecular flexibility index (Phi) is 17.5. The van der Waals surface area contributed by atoms with Crippen LogP contribution in [-0.4, -0.2) is 104 Å². The third-order valence-electron chi connectivity index (χ3n) is 5.36. The molecule has 33 heavy (non-hydrogen) atoms. The molecule has 0 bridgehead atoms. The maximum Gasteiger partial charge on any atom is 0.104 e. The van der Waals surface area contributed by atoms with E-state index >= 15 is 0 Å². The predicted octanol–water partition coefficient (Wildman–Crippen LogP) is 3.25. The monoisotopic (exact) mass is 476 g/mol. The molecule has 0 amide bonds. The van der Waals surface area contributed by atoms with E-state index in [1.54, 1.807) is 0 Å². The van der Waals surface area contributed by atoms with Crippen molar-refractivity contribution in [2.24, 2.45) is 5.92 Å². The van der Waals surface area contributed by atoms with Crippen LogP contribution in [0.15, 0.2) is 0 Å². The quantitative estimate of drug-likeness (QED) is 0.139. The number of hydrogen-bond donors (Lipinski definition) is 0. The number of rotatable bonds is 26. The van der Waals surface area contributed by atoms with E-state index in [4.69, 9.17) is 37.9 Å². The van der Waals surface area contributed by atoms with Gasteiger partial charge in [-0.25, -0.2) is 0 Å². The van der Waals surface area contributed by atoms with Gasteiger partial charge in [-0.15, -0.1) is 0 Å². The van der Waals surface area contributed by atoms with Crippen molar-refractivity contribution < 1.29 is 37.9 Å². The SMILES string of the molecule is CC(C)CCOCCCOCC(COCCCOCCC1CO1)OCCCOCCC1CO1. The predicted molar refractivity (Wildman–Crippen MR) is 126 cm³/mol. The molecule has 0 aromatic carbocycles. The molecule has 2 heterocycles. The minimum atomic E-state index is -0.0698. The van der Waals surface area contributed by atoms with Crippen molar-refractivity contribution in [1.29, 1.82) is 0 Å². The highest BCUT2D eigenvalue weighted by atomic mass is 16.6. The Balaban J connectivity index is 1.44. The maximum absolute atomic E-state index is 6.00. The second-order valence-corrected chi connectivity index (χ2v) is 9.21. The van der Waals surface area contributed by atoms with Gasteiger partial charge in [0, 0.05) is 59.5 Å². The van der Waals surface area contributed by atoms with E-state index in [9.17, 15) is 0 Å². The van der Waals surface area contributed by atoms with Gasteiger partial charge in [0.15, 0.2) is 0 Å². The fraction of sp³-hybridized carbons (Fsp3) is 1.00. The van der Waals surface area contributed by atoms with Crippen molar-refractivity contribution >= 4 is 0 Å². The molecule has 0 N–H and O–H groups in total. The van der Waals surface area contributed by atoms with Crippen LogP contribution in [0, 0.1) is 5.92 Å². The first-order valence-corrected chi connectivity index (χ1v) is 13.0. The summed E-state index contributed by atoms with van der Waals surface area (Å²) < 4.78 is 44.9. The lowest BCUT2D eigenvalue weighted by atomic mass is 10.1. The van der Waals surface area contributed by atoms with Crippen molar-refractivity contribution in [3.05, 3.63) is 0 Å². The minimum absolute atomic E-state index is 0.0698. The van der Waals surface area contributed by atoms with Crippen LogP contribution in [-0.2, 0) is 37.9 Å². The molecular formula is C25H48O8. The Labute approximate surface area is 200 Å². The van der Waals surface area contributed by atoms with Gasteiger partial charge in [0.25, 0.3) is 0 Å². The van der Waals surface area contributed by atoms with E-state index in [-0.39, 0.29) is 6.10 Å². The Hall–Kier alpha value is -0.320. The van der Waals surface area contributed by atoms with Gasteiger partial charge >= 0.3 is 0 Å². The summed E-state index contributed by atoms with van der Waals surface area (Å²) in [6, 6.07) is 0. The summed E-state index contributed by atoms with van der Waals surface area (Å²) in [4.78, 5) is 0. The molecule has 3 atom stereocenters. The molecule has 2 aliphatic rings. The molecule has 3 unspecified atom stereocenters. The maximum atomic E-state index is 6.00. The van der Waals surface area contributed by atoms with E-state index in [1.165, 1.54) is 0 Å². The number of hydrogen-bond acceptors (Lipinski definition) is 8. The van der Waals surface area contributed by atoms with E-state index < -0.39 is 0 Å². The van der Waals surface area contributed by atoms with Crippen LogP contribution < -0.4 is 0 Å². The molecule has 0 aromatic heterocycles. The summed E-state index contributed by atoms with van der Waals surface area (Å²) in [5.41, 5.74) is 0. The average Bonchev–Trinajstić information content (AvgIpc) is 3.71. The van der Waals surface area contributed by atoms with Crippen LogP contribution in [0.3, 0.4) is 0 Å². The molecule has 196 valence electrons. The minimum Gasteiger partial charge on any atom is -0.381 e. The fourth-order valence-electron chi connectivity index (χ4n) is 3.04. The topological polar surface area (TPSA) is 80.4 Å². The molecule has 0 radical (unpaired) electrons. The lowest BCUT2D eigenvalue weighted by Gasteiger charge is -2.18. The summed E-state index contributed by atoms with van der Waals surface area (Å²) in [5.74, 6) is 0.681. The van der Waals surface area contributed by atoms with Gasteiger partial charge < -0.3 is 37.9 Å². The van der Waals surface area contributed by atoms with E-state index in [0.717, 1.165) is 84.8 Å². The Morgan fingerprint density at radius 2 is 1.06 bits per heavy atom. The van der Waals surface area contributed by atoms with Gasteiger partial charge in [-0.2, -0.15) is 0 Å². The second kappa shape index (κ2) is 19.9. The first kappa shape index (κ1) is 28.9. The van der Waals surface area contributed by atoms with Crippen molar-refractivity contribution in [2.45, 2.75) is 70.7 Å². The average molecular weight is 477 g/mol.